The third-order valence-corrected chi connectivity index (χ3v) is 7.31. The van der Waals surface area contributed by atoms with Crippen LogP contribution in [0.2, 0.25) is 0 Å². The first-order valence-corrected chi connectivity index (χ1v) is 11.7. The quantitative estimate of drug-likeness (QED) is 0.532. The molecule has 0 radical (unpaired) electrons. The lowest BCUT2D eigenvalue weighted by atomic mass is 9.85. The van der Waals surface area contributed by atoms with Crippen molar-refractivity contribution in [2.45, 2.75) is 44.1 Å². The minimum atomic E-state index is -0.156. The summed E-state index contributed by atoms with van der Waals surface area (Å²) in [5.74, 6) is 0.694. The van der Waals surface area contributed by atoms with Crippen LogP contribution in [0, 0.1) is 5.92 Å². The van der Waals surface area contributed by atoms with E-state index in [9.17, 15) is 9.90 Å². The fourth-order valence-electron chi connectivity index (χ4n) is 4.15. The molecule has 1 amide bonds. The molecule has 2 aromatic rings. The van der Waals surface area contributed by atoms with E-state index in [1.54, 1.807) is 18.2 Å². The van der Waals surface area contributed by atoms with Crippen molar-refractivity contribution in [2.75, 3.05) is 5.32 Å². The van der Waals surface area contributed by atoms with Crippen LogP contribution < -0.4 is 5.32 Å². The Morgan fingerprint density at radius 3 is 2.69 bits per heavy atom. The number of aromatic hydroxyl groups is 1. The molecule has 2 aromatic carbocycles. The number of anilines is 1. The molecule has 1 heterocycles. The van der Waals surface area contributed by atoms with Crippen molar-refractivity contribution >= 4 is 45.4 Å². The Kier molecular flexibility index (Phi) is 6.20. The summed E-state index contributed by atoms with van der Waals surface area (Å²) < 4.78 is 0.870. The second-order valence-corrected chi connectivity index (χ2v) is 9.77. The summed E-state index contributed by atoms with van der Waals surface area (Å²) in [7, 11) is 0. The van der Waals surface area contributed by atoms with Crippen LogP contribution in [-0.2, 0) is 4.79 Å². The number of nitrogens with zero attached hydrogens (tertiary/aromatic N) is 1. The molecule has 2 fully saturated rings. The smallest absolute Gasteiger partial charge is 0.262 e. The summed E-state index contributed by atoms with van der Waals surface area (Å²) in [6, 6.07) is 15.5. The molecule has 1 aliphatic heterocycles. The minimum Gasteiger partial charge on any atom is -0.507 e. The number of thioether (sulfide) groups is 1. The van der Waals surface area contributed by atoms with Gasteiger partial charge in [-0.25, -0.2) is 0 Å². The Bertz CT molecular complexity index is 918. The third-order valence-electron chi connectivity index (χ3n) is 5.70. The molecule has 29 heavy (non-hydrogen) atoms. The number of phenolic OH excluding ortho intramolecular Hbond substituents is 1. The Balaban J connectivity index is 1.67. The first kappa shape index (κ1) is 20.4. The molecular formula is C23H25BrN2O2S. The maximum Gasteiger partial charge on any atom is 0.262 e. The number of hydrogen-bond acceptors (Lipinski definition) is 4. The highest BCUT2D eigenvalue weighted by atomic mass is 79.9. The molecule has 1 unspecified atom stereocenters. The number of halogens is 1. The molecule has 0 spiro atoms. The van der Waals surface area contributed by atoms with Crippen LogP contribution in [0.3, 0.4) is 0 Å². The van der Waals surface area contributed by atoms with Gasteiger partial charge in [-0.15, -0.1) is 0 Å². The Labute approximate surface area is 184 Å². The van der Waals surface area contributed by atoms with Crippen molar-refractivity contribution < 1.29 is 9.90 Å². The zero-order valence-electron chi connectivity index (χ0n) is 16.3. The number of carbonyl (C=O) groups excluding carboxylic acids is 1. The number of phenols is 1. The number of amides is 1. The normalized spacial score (nSPS) is 26.1. The van der Waals surface area contributed by atoms with Gasteiger partial charge in [-0.1, -0.05) is 65.7 Å². The van der Waals surface area contributed by atoms with Gasteiger partial charge in [-0.2, -0.15) is 0 Å². The lowest BCUT2D eigenvalue weighted by Gasteiger charge is -2.39. The summed E-state index contributed by atoms with van der Waals surface area (Å²) in [6.45, 7) is 2.25. The number of hydrogen-bond donors (Lipinski definition) is 2. The Hall–Kier alpha value is -1.92. The van der Waals surface area contributed by atoms with Crippen LogP contribution in [0.25, 0.3) is 6.08 Å². The van der Waals surface area contributed by atoms with Crippen LogP contribution in [0.5, 0.6) is 5.75 Å². The number of carbonyl (C=O) groups is 1. The number of rotatable bonds is 4. The first-order valence-electron chi connectivity index (χ1n) is 10.0. The maximum absolute atomic E-state index is 13.5. The van der Waals surface area contributed by atoms with Crippen LogP contribution in [0.1, 0.15) is 38.2 Å². The number of nitrogens with one attached hydrogen (secondary N) is 1. The van der Waals surface area contributed by atoms with Crippen LogP contribution in [0.15, 0.2) is 57.9 Å². The SMILES string of the molecule is C[C@@H]1CCCC[C@@H]1N1C(=O)/C(=C/c2cc(Br)ccc2O)SC1Nc1ccccc1. The van der Waals surface area contributed by atoms with Gasteiger partial charge in [0.25, 0.3) is 5.91 Å². The monoisotopic (exact) mass is 472 g/mol. The molecule has 6 heteroatoms. The predicted molar refractivity (Wildman–Crippen MR) is 123 cm³/mol. The van der Waals surface area contributed by atoms with Gasteiger partial charge in [0.1, 0.15) is 5.75 Å². The van der Waals surface area contributed by atoms with Gasteiger partial charge in [0.2, 0.25) is 0 Å². The first-order chi connectivity index (χ1) is 14.0. The van der Waals surface area contributed by atoms with Crippen LogP contribution in [0.4, 0.5) is 5.69 Å². The van der Waals surface area contributed by atoms with Crippen LogP contribution >= 0.6 is 27.7 Å². The summed E-state index contributed by atoms with van der Waals surface area (Å²) in [5.41, 5.74) is 1.49. The Morgan fingerprint density at radius 2 is 1.93 bits per heavy atom. The van der Waals surface area contributed by atoms with E-state index in [4.69, 9.17) is 0 Å². The molecule has 0 aromatic heterocycles. The number of para-hydroxylation sites is 1. The largest absolute Gasteiger partial charge is 0.507 e. The molecule has 4 rings (SSSR count). The highest BCUT2D eigenvalue weighted by Gasteiger charge is 2.42. The summed E-state index contributed by atoms with van der Waals surface area (Å²) >= 11 is 4.97. The fourth-order valence-corrected chi connectivity index (χ4v) is 5.73. The van der Waals surface area contributed by atoms with E-state index in [1.807, 2.05) is 41.3 Å². The maximum atomic E-state index is 13.5. The zero-order valence-corrected chi connectivity index (χ0v) is 18.7. The van der Waals surface area contributed by atoms with Gasteiger partial charge in [-0.05, 0) is 55.2 Å². The topological polar surface area (TPSA) is 52.6 Å². The van der Waals surface area contributed by atoms with Crippen molar-refractivity contribution in [1.82, 2.24) is 4.90 Å². The molecule has 152 valence electrons. The highest BCUT2D eigenvalue weighted by Crippen LogP contribution is 2.42. The molecule has 4 nitrogen and oxygen atoms in total. The molecule has 2 aliphatic rings. The van der Waals surface area contributed by atoms with Crippen molar-refractivity contribution in [2.24, 2.45) is 5.92 Å². The van der Waals surface area contributed by atoms with E-state index in [-0.39, 0.29) is 23.2 Å². The lowest BCUT2D eigenvalue weighted by molar-refractivity contribution is -0.129. The Morgan fingerprint density at radius 1 is 1.17 bits per heavy atom. The summed E-state index contributed by atoms with van der Waals surface area (Å²) in [6.07, 6.45) is 6.39. The molecule has 2 N–H and O–H groups in total. The van der Waals surface area contributed by atoms with E-state index in [0.717, 1.165) is 29.4 Å². The van der Waals surface area contributed by atoms with E-state index in [1.165, 1.54) is 18.2 Å². The third kappa shape index (κ3) is 4.48. The van der Waals surface area contributed by atoms with E-state index in [0.29, 0.717) is 16.4 Å². The molecule has 1 saturated heterocycles. The van der Waals surface area contributed by atoms with Gasteiger partial charge in [-0.3, -0.25) is 4.79 Å². The van der Waals surface area contributed by atoms with Crippen molar-refractivity contribution in [3.8, 4) is 5.75 Å². The minimum absolute atomic E-state index is 0.0431. The molecular weight excluding hydrogens is 448 g/mol. The van der Waals surface area contributed by atoms with Crippen LogP contribution in [-0.4, -0.2) is 27.5 Å². The van der Waals surface area contributed by atoms with E-state index < -0.39 is 0 Å². The average Bonchev–Trinajstić information content (AvgIpc) is 3.01. The highest BCUT2D eigenvalue weighted by molar-refractivity contribution is 9.10. The molecule has 3 atom stereocenters. The van der Waals surface area contributed by atoms with Gasteiger partial charge < -0.3 is 15.3 Å². The van der Waals surface area contributed by atoms with Gasteiger partial charge >= 0.3 is 0 Å². The average molecular weight is 473 g/mol. The zero-order chi connectivity index (χ0) is 20.4. The summed E-state index contributed by atoms with van der Waals surface area (Å²) in [4.78, 5) is 16.1. The summed E-state index contributed by atoms with van der Waals surface area (Å²) in [5, 5.41) is 13.8. The van der Waals surface area contributed by atoms with Crippen molar-refractivity contribution in [3.05, 3.63) is 63.5 Å². The second kappa shape index (κ2) is 8.84. The molecule has 1 saturated carbocycles. The van der Waals surface area contributed by atoms with E-state index in [2.05, 4.69) is 28.2 Å². The van der Waals surface area contributed by atoms with Crippen molar-refractivity contribution in [3.63, 3.8) is 0 Å². The van der Waals surface area contributed by atoms with Gasteiger partial charge in [0.05, 0.1) is 4.91 Å². The van der Waals surface area contributed by atoms with E-state index >= 15 is 0 Å². The van der Waals surface area contributed by atoms with Gasteiger partial charge in [0, 0.05) is 21.8 Å². The predicted octanol–water partition coefficient (Wildman–Crippen LogP) is 6.05. The van der Waals surface area contributed by atoms with Gasteiger partial charge in [0.15, 0.2) is 5.50 Å². The number of benzene rings is 2. The lowest BCUT2D eigenvalue weighted by Crippen LogP contribution is -2.48. The molecule has 1 aliphatic carbocycles. The fraction of sp³-hybridized carbons (Fsp3) is 0.348. The molecule has 0 bridgehead atoms. The van der Waals surface area contributed by atoms with Crippen molar-refractivity contribution in [1.29, 1.82) is 0 Å². The second-order valence-electron chi connectivity index (χ2n) is 7.73. The standard InChI is InChI=1S/C23H25BrN2O2S/c1-15-7-5-6-10-19(15)26-22(28)21(14-16-13-17(24)11-12-20(16)27)29-23(26)25-18-8-3-2-4-9-18/h2-4,8-9,11-15,19,23,25,27H,5-7,10H2,1H3/b21-14-/t15-,19+,23?/m1/s1.